The van der Waals surface area contributed by atoms with Gasteiger partial charge in [0.25, 0.3) is 0 Å². The Morgan fingerprint density at radius 2 is 2.15 bits per heavy atom. The molecule has 0 saturated heterocycles. The normalized spacial score (nSPS) is 13.9. The van der Waals surface area contributed by atoms with E-state index in [1.807, 2.05) is 6.07 Å². The number of carboxylic acids is 1. The molecule has 4 nitrogen and oxygen atoms in total. The molecule has 0 bridgehead atoms. The van der Waals surface area contributed by atoms with Gasteiger partial charge in [0.1, 0.15) is 0 Å². The lowest BCUT2D eigenvalue weighted by molar-refractivity contribution is 0.0691. The first-order chi connectivity index (χ1) is 9.66. The predicted octanol–water partition coefficient (Wildman–Crippen LogP) is 3.17. The fourth-order valence-corrected chi connectivity index (χ4v) is 2.76. The number of fused-ring (bicyclic) bond motifs is 1. The molecule has 1 N–H and O–H groups in total. The van der Waals surface area contributed by atoms with Gasteiger partial charge in [-0.05, 0) is 43.5 Å². The Morgan fingerprint density at radius 3 is 2.95 bits per heavy atom. The molecule has 3 rings (SSSR count). The molecule has 0 amide bonds. The molecule has 0 unspecified atom stereocenters. The first-order valence-corrected chi connectivity index (χ1v) is 6.72. The van der Waals surface area contributed by atoms with Crippen LogP contribution in [0.2, 0.25) is 0 Å². The maximum absolute atomic E-state index is 11.3. The second-order valence-corrected chi connectivity index (χ2v) is 5.06. The minimum absolute atomic E-state index is 0.112. The molecule has 1 aromatic heterocycles. The van der Waals surface area contributed by atoms with Crippen LogP contribution in [0.5, 0.6) is 0 Å². The summed E-state index contributed by atoms with van der Waals surface area (Å²) in [6.07, 6.45) is 3.58. The Labute approximate surface area is 117 Å². The van der Waals surface area contributed by atoms with Gasteiger partial charge in [-0.3, -0.25) is 0 Å². The summed E-state index contributed by atoms with van der Waals surface area (Å²) in [5.74, 6) is -0.986. The van der Waals surface area contributed by atoms with Gasteiger partial charge in [0, 0.05) is 18.4 Å². The van der Waals surface area contributed by atoms with E-state index >= 15 is 0 Å². The van der Waals surface area contributed by atoms with Crippen molar-refractivity contribution in [2.45, 2.75) is 19.8 Å². The first-order valence-electron chi connectivity index (χ1n) is 6.72. The molecule has 102 valence electrons. The van der Waals surface area contributed by atoms with Gasteiger partial charge in [0.2, 0.25) is 0 Å². The molecule has 2 heterocycles. The van der Waals surface area contributed by atoms with Gasteiger partial charge in [-0.25, -0.2) is 9.78 Å². The van der Waals surface area contributed by atoms with Crippen LogP contribution in [-0.2, 0) is 6.42 Å². The third-order valence-electron chi connectivity index (χ3n) is 3.63. The Kier molecular flexibility index (Phi) is 3.14. The van der Waals surface area contributed by atoms with Crippen LogP contribution in [0.25, 0.3) is 0 Å². The number of carbonyl (C=O) groups is 1. The average Bonchev–Trinajstić information content (AvgIpc) is 2.46. The lowest BCUT2D eigenvalue weighted by atomic mass is 9.99. The molecule has 4 heteroatoms. The van der Waals surface area contributed by atoms with Gasteiger partial charge in [-0.2, -0.15) is 0 Å². The minimum Gasteiger partial charge on any atom is -0.476 e. The summed E-state index contributed by atoms with van der Waals surface area (Å²) in [6.45, 7) is 2.90. The van der Waals surface area contributed by atoms with Crippen molar-refractivity contribution in [2.24, 2.45) is 0 Å². The van der Waals surface area contributed by atoms with E-state index in [2.05, 4.69) is 35.0 Å². The van der Waals surface area contributed by atoms with Gasteiger partial charge in [-0.1, -0.05) is 17.7 Å². The zero-order valence-electron chi connectivity index (χ0n) is 11.3. The fourth-order valence-electron chi connectivity index (χ4n) is 2.76. The highest BCUT2D eigenvalue weighted by Crippen LogP contribution is 2.35. The van der Waals surface area contributed by atoms with Crippen LogP contribution in [0, 0.1) is 6.92 Å². The van der Waals surface area contributed by atoms with Crippen molar-refractivity contribution in [2.75, 3.05) is 11.4 Å². The summed E-state index contributed by atoms with van der Waals surface area (Å²) in [5.41, 5.74) is 4.38. The smallest absolute Gasteiger partial charge is 0.356 e. The molecule has 0 aliphatic carbocycles. The SMILES string of the molecule is Cc1ccc2c(c1)CCCN2c1cccnc1C(=O)O. The maximum Gasteiger partial charge on any atom is 0.356 e. The average molecular weight is 268 g/mol. The molecule has 0 spiro atoms. The molecule has 1 aromatic carbocycles. The van der Waals surface area contributed by atoms with E-state index in [-0.39, 0.29) is 5.69 Å². The molecule has 1 aliphatic heterocycles. The number of carboxylic acid groups (broad SMARTS) is 1. The lowest BCUT2D eigenvalue weighted by Gasteiger charge is -2.32. The Hall–Kier alpha value is -2.36. The standard InChI is InChI=1S/C16H16N2O2/c1-11-6-7-13-12(10-11)4-3-9-18(13)14-5-2-8-17-15(14)16(19)20/h2,5-8,10H,3-4,9H2,1H3,(H,19,20). The fraction of sp³-hybridized carbons (Fsp3) is 0.250. The number of anilines is 2. The van der Waals surface area contributed by atoms with Crippen LogP contribution < -0.4 is 4.90 Å². The van der Waals surface area contributed by atoms with Crippen LogP contribution in [-0.4, -0.2) is 22.6 Å². The molecule has 0 saturated carbocycles. The summed E-state index contributed by atoms with van der Waals surface area (Å²) in [6, 6.07) is 9.92. The van der Waals surface area contributed by atoms with Crippen molar-refractivity contribution < 1.29 is 9.90 Å². The number of aromatic nitrogens is 1. The number of pyridine rings is 1. The van der Waals surface area contributed by atoms with Crippen molar-refractivity contribution in [1.82, 2.24) is 4.98 Å². The largest absolute Gasteiger partial charge is 0.476 e. The zero-order valence-corrected chi connectivity index (χ0v) is 11.3. The summed E-state index contributed by atoms with van der Waals surface area (Å²) in [5, 5.41) is 9.30. The topological polar surface area (TPSA) is 53.4 Å². The monoisotopic (exact) mass is 268 g/mol. The third kappa shape index (κ3) is 2.13. The van der Waals surface area contributed by atoms with E-state index in [9.17, 15) is 9.90 Å². The number of hydrogen-bond acceptors (Lipinski definition) is 3. The number of rotatable bonds is 2. The summed E-state index contributed by atoms with van der Waals surface area (Å²) in [7, 11) is 0. The highest BCUT2D eigenvalue weighted by molar-refractivity contribution is 5.93. The summed E-state index contributed by atoms with van der Waals surface area (Å²) >= 11 is 0. The highest BCUT2D eigenvalue weighted by atomic mass is 16.4. The van der Waals surface area contributed by atoms with Crippen LogP contribution in [0.1, 0.15) is 28.0 Å². The van der Waals surface area contributed by atoms with Crippen molar-refractivity contribution >= 4 is 17.3 Å². The van der Waals surface area contributed by atoms with E-state index < -0.39 is 5.97 Å². The van der Waals surface area contributed by atoms with Gasteiger partial charge in [0.15, 0.2) is 5.69 Å². The Morgan fingerprint density at radius 1 is 1.30 bits per heavy atom. The molecule has 0 atom stereocenters. The number of hydrogen-bond donors (Lipinski definition) is 1. The zero-order chi connectivity index (χ0) is 14.1. The van der Waals surface area contributed by atoms with E-state index in [0.717, 1.165) is 25.1 Å². The van der Waals surface area contributed by atoms with Gasteiger partial charge < -0.3 is 10.0 Å². The van der Waals surface area contributed by atoms with Crippen molar-refractivity contribution in [3.05, 3.63) is 53.3 Å². The molecule has 0 radical (unpaired) electrons. The molecular weight excluding hydrogens is 252 g/mol. The number of aromatic carboxylic acids is 1. The van der Waals surface area contributed by atoms with Crippen LogP contribution >= 0.6 is 0 Å². The van der Waals surface area contributed by atoms with Gasteiger partial charge >= 0.3 is 5.97 Å². The van der Waals surface area contributed by atoms with Crippen LogP contribution in [0.4, 0.5) is 11.4 Å². The van der Waals surface area contributed by atoms with E-state index in [4.69, 9.17) is 0 Å². The Balaban J connectivity index is 2.12. The quantitative estimate of drug-likeness (QED) is 0.909. The van der Waals surface area contributed by atoms with E-state index in [1.165, 1.54) is 17.3 Å². The predicted molar refractivity (Wildman–Crippen MR) is 77.7 cm³/mol. The van der Waals surface area contributed by atoms with E-state index in [1.54, 1.807) is 6.07 Å². The Bertz CT molecular complexity index is 667. The van der Waals surface area contributed by atoms with Crippen LogP contribution in [0.15, 0.2) is 36.5 Å². The first kappa shape index (κ1) is 12.7. The second-order valence-electron chi connectivity index (χ2n) is 5.06. The number of aryl methyl sites for hydroxylation is 2. The van der Waals surface area contributed by atoms with Crippen molar-refractivity contribution in [1.29, 1.82) is 0 Å². The minimum atomic E-state index is -0.986. The van der Waals surface area contributed by atoms with Gasteiger partial charge in [0.05, 0.1) is 5.69 Å². The van der Waals surface area contributed by atoms with E-state index in [0.29, 0.717) is 5.69 Å². The highest BCUT2D eigenvalue weighted by Gasteiger charge is 2.23. The second kappa shape index (κ2) is 4.96. The molecule has 2 aromatic rings. The maximum atomic E-state index is 11.3. The third-order valence-corrected chi connectivity index (χ3v) is 3.63. The lowest BCUT2D eigenvalue weighted by Crippen LogP contribution is -2.26. The summed E-state index contributed by atoms with van der Waals surface area (Å²) in [4.78, 5) is 17.4. The van der Waals surface area contributed by atoms with Crippen LogP contribution in [0.3, 0.4) is 0 Å². The molecule has 20 heavy (non-hydrogen) atoms. The summed E-state index contributed by atoms with van der Waals surface area (Å²) < 4.78 is 0. The number of benzene rings is 1. The van der Waals surface area contributed by atoms with Crippen molar-refractivity contribution in [3.8, 4) is 0 Å². The molecular formula is C16H16N2O2. The number of nitrogens with zero attached hydrogens (tertiary/aromatic N) is 2. The molecule has 1 aliphatic rings. The van der Waals surface area contributed by atoms with Gasteiger partial charge in [-0.15, -0.1) is 0 Å². The molecule has 0 fully saturated rings. The van der Waals surface area contributed by atoms with Crippen molar-refractivity contribution in [3.63, 3.8) is 0 Å².